The number of ether oxygens (including phenoxy) is 1. The van der Waals surface area contributed by atoms with E-state index in [4.69, 9.17) is 21.3 Å². The number of nitrogens with zero attached hydrogens (tertiary/aromatic N) is 6. The molecule has 5 rings (SSSR count). The van der Waals surface area contributed by atoms with Gasteiger partial charge in [0.15, 0.2) is 0 Å². The topological polar surface area (TPSA) is 74.3 Å². The van der Waals surface area contributed by atoms with Crippen molar-refractivity contribution in [3.05, 3.63) is 40.7 Å². The van der Waals surface area contributed by atoms with E-state index in [2.05, 4.69) is 4.90 Å². The van der Waals surface area contributed by atoms with Crippen LogP contribution in [0.4, 0.5) is 10.7 Å². The first-order valence-electron chi connectivity index (χ1n) is 10.7. The van der Waals surface area contributed by atoms with Crippen molar-refractivity contribution in [2.24, 2.45) is 4.99 Å². The third kappa shape index (κ3) is 3.32. The van der Waals surface area contributed by atoms with Gasteiger partial charge in [-0.25, -0.2) is 9.36 Å². The standard InChI is InChI=1S/C22H26ClN6O3/c1-14-4-5-16(23)12-17(14)29-15(2)13-28-18-19(24-21(28)29)25(3)22(31)27(20(18)30)7-6-26-8-10-32-11-9-26/h4-5,12-13,18H,6-11H2,1-3H3/q+1. The van der Waals surface area contributed by atoms with Crippen molar-refractivity contribution in [3.8, 4) is 5.69 Å². The molecule has 168 valence electrons. The summed E-state index contributed by atoms with van der Waals surface area (Å²) in [5.41, 5.74) is 2.87. The molecule has 1 aromatic carbocycles. The number of likely N-dealkylation sites (N-methyl/N-ethyl adjacent to an activating group) is 1. The number of aryl methyl sites for hydroxylation is 2. The molecule has 3 amide bonds. The molecule has 1 unspecified atom stereocenters. The molecule has 0 radical (unpaired) electrons. The summed E-state index contributed by atoms with van der Waals surface area (Å²) in [6.07, 6.45) is 1.92. The number of hydrogen-bond donors (Lipinski definition) is 0. The highest BCUT2D eigenvalue weighted by molar-refractivity contribution is 6.30. The molecule has 1 atom stereocenters. The Morgan fingerprint density at radius 2 is 1.94 bits per heavy atom. The Labute approximate surface area is 191 Å². The van der Waals surface area contributed by atoms with Crippen LogP contribution in [0.2, 0.25) is 5.02 Å². The number of morpholine rings is 1. The van der Waals surface area contributed by atoms with Crippen molar-refractivity contribution in [2.75, 3.05) is 46.4 Å². The van der Waals surface area contributed by atoms with Gasteiger partial charge >= 0.3 is 12.0 Å². The third-order valence-corrected chi connectivity index (χ3v) is 6.60. The monoisotopic (exact) mass is 457 g/mol. The van der Waals surface area contributed by atoms with Crippen LogP contribution in [-0.2, 0) is 9.53 Å². The number of aliphatic imine (C=N–C) groups is 1. The van der Waals surface area contributed by atoms with Crippen LogP contribution in [0.15, 0.2) is 29.4 Å². The zero-order valence-electron chi connectivity index (χ0n) is 18.4. The lowest BCUT2D eigenvalue weighted by atomic mass is 10.1. The van der Waals surface area contributed by atoms with Crippen molar-refractivity contribution in [2.45, 2.75) is 19.9 Å². The molecule has 0 N–H and O–H groups in total. The van der Waals surface area contributed by atoms with Gasteiger partial charge in [0.05, 0.1) is 13.2 Å². The van der Waals surface area contributed by atoms with Crippen molar-refractivity contribution in [1.82, 2.24) is 19.3 Å². The number of benzene rings is 1. The van der Waals surface area contributed by atoms with Crippen molar-refractivity contribution >= 4 is 35.3 Å². The minimum atomic E-state index is -0.656. The zero-order chi connectivity index (χ0) is 22.6. The lowest BCUT2D eigenvalue weighted by Gasteiger charge is -2.35. The van der Waals surface area contributed by atoms with Gasteiger partial charge in [-0.15, -0.1) is 0 Å². The fourth-order valence-corrected chi connectivity index (χ4v) is 4.74. The van der Waals surface area contributed by atoms with Gasteiger partial charge in [0.2, 0.25) is 11.9 Å². The van der Waals surface area contributed by atoms with E-state index in [1.807, 2.05) is 47.4 Å². The Kier molecular flexibility index (Phi) is 5.27. The molecular weight excluding hydrogens is 432 g/mol. The van der Waals surface area contributed by atoms with E-state index in [9.17, 15) is 9.59 Å². The van der Waals surface area contributed by atoms with Gasteiger partial charge in [-0.3, -0.25) is 19.5 Å². The van der Waals surface area contributed by atoms with E-state index in [0.29, 0.717) is 43.1 Å². The number of carbonyl (C=O) groups excluding carboxylic acids is 2. The van der Waals surface area contributed by atoms with Crippen molar-refractivity contribution in [3.63, 3.8) is 0 Å². The minimum Gasteiger partial charge on any atom is -0.379 e. The summed E-state index contributed by atoms with van der Waals surface area (Å²) >= 11 is 6.26. The predicted molar refractivity (Wildman–Crippen MR) is 119 cm³/mol. The summed E-state index contributed by atoms with van der Waals surface area (Å²) < 4.78 is 9.23. The third-order valence-electron chi connectivity index (χ3n) is 6.36. The second-order valence-electron chi connectivity index (χ2n) is 8.40. The van der Waals surface area contributed by atoms with Crippen LogP contribution in [0.5, 0.6) is 0 Å². The molecule has 9 nitrogen and oxygen atoms in total. The van der Waals surface area contributed by atoms with Gasteiger partial charge in [-0.05, 0) is 31.5 Å². The second-order valence-corrected chi connectivity index (χ2v) is 8.84. The first kappa shape index (κ1) is 21.1. The smallest absolute Gasteiger partial charge is 0.379 e. The molecule has 3 aliphatic heterocycles. The van der Waals surface area contributed by atoms with Gasteiger partial charge in [0.1, 0.15) is 17.6 Å². The molecule has 0 bridgehead atoms. The van der Waals surface area contributed by atoms with Gasteiger partial charge < -0.3 is 4.74 Å². The SMILES string of the molecule is Cc1ccc(Cl)cc1-n1c(C)c[n+]2c1N=C1C2C(=O)N(CCN2CCOCC2)C(=O)N1C. The number of rotatable bonds is 4. The van der Waals surface area contributed by atoms with Crippen LogP contribution in [0.25, 0.3) is 5.69 Å². The summed E-state index contributed by atoms with van der Waals surface area (Å²) in [6, 6.07) is 4.69. The van der Waals surface area contributed by atoms with Crippen LogP contribution in [0.3, 0.4) is 0 Å². The van der Waals surface area contributed by atoms with E-state index >= 15 is 0 Å². The number of imidazole rings is 1. The van der Waals surface area contributed by atoms with E-state index in [1.54, 1.807) is 7.05 Å². The number of fused-ring (bicyclic) bond motifs is 3. The average molecular weight is 458 g/mol. The van der Waals surface area contributed by atoms with E-state index < -0.39 is 6.04 Å². The summed E-state index contributed by atoms with van der Waals surface area (Å²) in [5, 5.41) is 0.623. The Balaban J connectivity index is 1.49. The number of urea groups is 1. The molecule has 10 heteroatoms. The Hall–Kier alpha value is -2.75. The number of carbonyl (C=O) groups is 2. The number of halogens is 1. The molecule has 32 heavy (non-hydrogen) atoms. The van der Waals surface area contributed by atoms with Crippen LogP contribution in [0, 0.1) is 13.8 Å². The highest BCUT2D eigenvalue weighted by Crippen LogP contribution is 2.32. The predicted octanol–water partition coefficient (Wildman–Crippen LogP) is 1.85. The number of hydrogen-bond acceptors (Lipinski definition) is 5. The molecule has 0 aliphatic carbocycles. The summed E-state index contributed by atoms with van der Waals surface area (Å²) in [6.45, 7) is 7.92. The van der Waals surface area contributed by atoms with Gasteiger partial charge in [-0.1, -0.05) is 22.7 Å². The number of amides is 3. The first-order chi connectivity index (χ1) is 15.4. The maximum Gasteiger partial charge on any atom is 0.406 e. The summed E-state index contributed by atoms with van der Waals surface area (Å²) in [4.78, 5) is 36.3. The van der Waals surface area contributed by atoms with E-state index in [1.165, 1.54) is 9.80 Å². The van der Waals surface area contributed by atoms with Crippen LogP contribution < -0.4 is 4.57 Å². The van der Waals surface area contributed by atoms with E-state index in [0.717, 1.165) is 30.0 Å². The lowest BCUT2D eigenvalue weighted by molar-refractivity contribution is -0.676. The Bertz CT molecular complexity index is 1140. The summed E-state index contributed by atoms with van der Waals surface area (Å²) in [7, 11) is 1.68. The first-order valence-corrected chi connectivity index (χ1v) is 11.1. The van der Waals surface area contributed by atoms with Gasteiger partial charge in [0.25, 0.3) is 5.91 Å². The Morgan fingerprint density at radius 1 is 1.19 bits per heavy atom. The maximum absolute atomic E-state index is 13.5. The molecule has 2 saturated heterocycles. The lowest BCUT2D eigenvalue weighted by Crippen LogP contribution is -2.63. The van der Waals surface area contributed by atoms with Crippen LogP contribution in [-0.4, -0.2) is 83.5 Å². The van der Waals surface area contributed by atoms with Crippen molar-refractivity contribution < 1.29 is 18.9 Å². The fraction of sp³-hybridized carbons (Fsp3) is 0.455. The molecule has 1 aromatic heterocycles. The van der Waals surface area contributed by atoms with Crippen LogP contribution >= 0.6 is 11.6 Å². The number of aromatic nitrogens is 2. The second kappa shape index (κ2) is 7.99. The quantitative estimate of drug-likeness (QED) is 0.657. The molecular formula is C22H26ClN6O3+. The highest BCUT2D eigenvalue weighted by atomic mass is 35.5. The fourth-order valence-electron chi connectivity index (χ4n) is 4.58. The molecule has 2 aromatic rings. The van der Waals surface area contributed by atoms with Gasteiger partial charge in [0, 0.05) is 38.2 Å². The minimum absolute atomic E-state index is 0.246. The molecule has 2 fully saturated rings. The molecule has 3 aliphatic rings. The number of imide groups is 1. The van der Waals surface area contributed by atoms with E-state index in [-0.39, 0.29) is 11.9 Å². The maximum atomic E-state index is 13.5. The van der Waals surface area contributed by atoms with Crippen molar-refractivity contribution in [1.29, 1.82) is 0 Å². The summed E-state index contributed by atoms with van der Waals surface area (Å²) in [5.74, 6) is 0.811. The van der Waals surface area contributed by atoms with Gasteiger partial charge in [-0.2, -0.15) is 4.57 Å². The largest absolute Gasteiger partial charge is 0.406 e. The molecule has 0 spiro atoms. The number of amidine groups is 1. The average Bonchev–Trinajstić information content (AvgIpc) is 3.29. The van der Waals surface area contributed by atoms with Crippen LogP contribution in [0.1, 0.15) is 17.3 Å². The molecule has 0 saturated carbocycles. The highest BCUT2D eigenvalue weighted by Gasteiger charge is 2.53. The Morgan fingerprint density at radius 3 is 2.69 bits per heavy atom. The normalized spacial score (nSPS) is 21.1. The molecule has 4 heterocycles. The zero-order valence-corrected chi connectivity index (χ0v) is 19.2.